The molecule has 0 aliphatic carbocycles. The second kappa shape index (κ2) is 4.51. The summed E-state index contributed by atoms with van der Waals surface area (Å²) >= 11 is 3.50. The van der Waals surface area contributed by atoms with Gasteiger partial charge >= 0.3 is 0 Å². The lowest BCUT2D eigenvalue weighted by Gasteiger charge is -2.04. The number of fused-ring (bicyclic) bond motifs is 1. The number of aliphatic hydroxyl groups is 1. The smallest absolute Gasteiger partial charge is 0.162 e. The summed E-state index contributed by atoms with van der Waals surface area (Å²) in [6.07, 6.45) is 1.74. The first-order valence-corrected chi connectivity index (χ1v) is 6.19. The molecule has 3 aromatic rings. The van der Waals surface area contributed by atoms with E-state index >= 15 is 0 Å². The zero-order valence-corrected chi connectivity index (χ0v) is 10.9. The van der Waals surface area contributed by atoms with Crippen LogP contribution in [0.25, 0.3) is 22.2 Å². The molecule has 0 aliphatic rings. The Morgan fingerprint density at radius 2 is 2.17 bits per heavy atom. The van der Waals surface area contributed by atoms with Crippen LogP contribution in [0.15, 0.2) is 45.5 Å². The van der Waals surface area contributed by atoms with Gasteiger partial charge in [-0.2, -0.15) is 0 Å². The second-order valence-electron chi connectivity index (χ2n) is 3.83. The third-order valence-corrected chi connectivity index (χ3v) is 3.40. The van der Waals surface area contributed by atoms with E-state index in [2.05, 4.69) is 26.1 Å². The minimum atomic E-state index is -0.158. The lowest BCUT2D eigenvalue weighted by molar-refractivity contribution is 0.229. The van der Waals surface area contributed by atoms with Crippen LogP contribution >= 0.6 is 15.9 Å². The number of hydrogen-bond acceptors (Lipinski definition) is 4. The maximum atomic E-state index is 9.00. The number of halogens is 1. The molecule has 0 radical (unpaired) electrons. The van der Waals surface area contributed by atoms with E-state index in [1.807, 2.05) is 24.3 Å². The van der Waals surface area contributed by atoms with Gasteiger partial charge in [0.05, 0.1) is 5.52 Å². The molecule has 0 unspecified atom stereocenters. The molecule has 90 valence electrons. The first kappa shape index (κ1) is 11.4. The summed E-state index contributed by atoms with van der Waals surface area (Å²) in [4.78, 5) is 4.38. The maximum absolute atomic E-state index is 9.00. The molecule has 18 heavy (non-hydrogen) atoms. The standard InChI is InChI=1S/C13H9BrN2O2/c14-11-4-3-10(12-6-8(7-17)18-16-12)13-9(11)2-1-5-15-13/h1-6,17H,7H2. The molecule has 2 aromatic heterocycles. The number of nitrogens with zero attached hydrogens (tertiary/aromatic N) is 2. The number of benzene rings is 1. The fourth-order valence-electron chi connectivity index (χ4n) is 1.86. The maximum Gasteiger partial charge on any atom is 0.162 e. The molecule has 0 spiro atoms. The summed E-state index contributed by atoms with van der Waals surface area (Å²) < 4.78 is 5.99. The number of pyridine rings is 1. The van der Waals surface area contributed by atoms with E-state index in [1.165, 1.54) is 0 Å². The molecule has 0 atom stereocenters. The molecule has 3 rings (SSSR count). The Balaban J connectivity index is 2.26. The van der Waals surface area contributed by atoms with Gasteiger partial charge in [-0.3, -0.25) is 4.98 Å². The normalized spacial score (nSPS) is 11.0. The molecule has 0 fully saturated rings. The van der Waals surface area contributed by atoms with E-state index in [1.54, 1.807) is 12.3 Å². The van der Waals surface area contributed by atoms with E-state index < -0.39 is 0 Å². The van der Waals surface area contributed by atoms with Crippen molar-refractivity contribution in [2.45, 2.75) is 6.61 Å². The fourth-order valence-corrected chi connectivity index (χ4v) is 2.31. The van der Waals surface area contributed by atoms with Crippen LogP contribution in [0.1, 0.15) is 5.76 Å². The van der Waals surface area contributed by atoms with E-state index in [0.717, 1.165) is 20.9 Å². The van der Waals surface area contributed by atoms with Crippen LogP contribution in [-0.2, 0) is 6.61 Å². The third-order valence-electron chi connectivity index (χ3n) is 2.71. The van der Waals surface area contributed by atoms with Gasteiger partial charge in [0.2, 0.25) is 0 Å². The van der Waals surface area contributed by atoms with Crippen LogP contribution in [0.3, 0.4) is 0 Å². The number of aliphatic hydroxyl groups excluding tert-OH is 1. The summed E-state index contributed by atoms with van der Waals surface area (Å²) in [7, 11) is 0. The van der Waals surface area contributed by atoms with Crippen molar-refractivity contribution in [1.29, 1.82) is 0 Å². The number of rotatable bonds is 2. The van der Waals surface area contributed by atoms with Crippen molar-refractivity contribution >= 4 is 26.8 Å². The van der Waals surface area contributed by atoms with Gasteiger partial charge in [0, 0.05) is 27.7 Å². The Morgan fingerprint density at radius 3 is 2.94 bits per heavy atom. The molecule has 2 heterocycles. The summed E-state index contributed by atoms with van der Waals surface area (Å²) in [5, 5.41) is 14.0. The fraction of sp³-hybridized carbons (Fsp3) is 0.0769. The Morgan fingerprint density at radius 1 is 1.28 bits per heavy atom. The van der Waals surface area contributed by atoms with Crippen molar-refractivity contribution in [2.24, 2.45) is 0 Å². The highest BCUT2D eigenvalue weighted by atomic mass is 79.9. The highest BCUT2D eigenvalue weighted by Crippen LogP contribution is 2.31. The number of aromatic nitrogens is 2. The molecule has 0 aliphatic heterocycles. The van der Waals surface area contributed by atoms with Crippen LogP contribution in [0, 0.1) is 0 Å². The Kier molecular flexibility index (Phi) is 2.85. The first-order valence-electron chi connectivity index (χ1n) is 5.39. The molecule has 0 bridgehead atoms. The Labute approximate surface area is 111 Å². The van der Waals surface area contributed by atoms with E-state index in [9.17, 15) is 0 Å². The summed E-state index contributed by atoms with van der Waals surface area (Å²) in [5.41, 5.74) is 2.41. The van der Waals surface area contributed by atoms with Crippen molar-refractivity contribution in [3.8, 4) is 11.3 Å². The molecule has 4 nitrogen and oxygen atoms in total. The average molecular weight is 305 g/mol. The number of hydrogen-bond donors (Lipinski definition) is 1. The van der Waals surface area contributed by atoms with Gasteiger partial charge in [-0.05, 0) is 18.2 Å². The van der Waals surface area contributed by atoms with E-state index in [-0.39, 0.29) is 6.61 Å². The molecule has 0 amide bonds. The zero-order valence-electron chi connectivity index (χ0n) is 9.30. The van der Waals surface area contributed by atoms with Gasteiger partial charge in [-0.1, -0.05) is 27.2 Å². The van der Waals surface area contributed by atoms with Gasteiger partial charge in [-0.15, -0.1) is 0 Å². The Bertz CT molecular complexity index is 709. The second-order valence-corrected chi connectivity index (χ2v) is 4.69. The lowest BCUT2D eigenvalue weighted by Crippen LogP contribution is -1.85. The van der Waals surface area contributed by atoms with Gasteiger partial charge in [-0.25, -0.2) is 0 Å². The van der Waals surface area contributed by atoms with E-state index in [4.69, 9.17) is 9.63 Å². The minimum absolute atomic E-state index is 0.158. The topological polar surface area (TPSA) is 59.2 Å². The van der Waals surface area contributed by atoms with Crippen molar-refractivity contribution in [1.82, 2.24) is 10.1 Å². The van der Waals surface area contributed by atoms with Crippen molar-refractivity contribution in [2.75, 3.05) is 0 Å². The van der Waals surface area contributed by atoms with Crippen LogP contribution in [0.2, 0.25) is 0 Å². The summed E-state index contributed by atoms with van der Waals surface area (Å²) in [6.45, 7) is -0.158. The summed E-state index contributed by atoms with van der Waals surface area (Å²) in [5.74, 6) is 0.442. The molecule has 1 N–H and O–H groups in total. The lowest BCUT2D eigenvalue weighted by atomic mass is 10.1. The first-order chi connectivity index (χ1) is 8.79. The van der Waals surface area contributed by atoms with Crippen LogP contribution < -0.4 is 0 Å². The minimum Gasteiger partial charge on any atom is -0.388 e. The largest absolute Gasteiger partial charge is 0.388 e. The molecule has 0 saturated heterocycles. The van der Waals surface area contributed by atoms with Crippen molar-refractivity contribution in [3.05, 3.63) is 46.8 Å². The van der Waals surface area contributed by atoms with Gasteiger partial charge in [0.1, 0.15) is 12.3 Å². The van der Waals surface area contributed by atoms with Crippen LogP contribution in [0.5, 0.6) is 0 Å². The van der Waals surface area contributed by atoms with Crippen molar-refractivity contribution in [3.63, 3.8) is 0 Å². The average Bonchev–Trinajstić information content (AvgIpc) is 2.88. The highest BCUT2D eigenvalue weighted by Gasteiger charge is 2.11. The van der Waals surface area contributed by atoms with Gasteiger partial charge in [0.15, 0.2) is 5.76 Å². The zero-order chi connectivity index (χ0) is 12.5. The van der Waals surface area contributed by atoms with Crippen molar-refractivity contribution < 1.29 is 9.63 Å². The predicted molar refractivity (Wildman–Crippen MR) is 70.9 cm³/mol. The van der Waals surface area contributed by atoms with E-state index in [0.29, 0.717) is 11.5 Å². The predicted octanol–water partition coefficient (Wildman–Crippen LogP) is 3.14. The molecular formula is C13H9BrN2O2. The van der Waals surface area contributed by atoms with Crippen LogP contribution in [-0.4, -0.2) is 15.2 Å². The highest BCUT2D eigenvalue weighted by molar-refractivity contribution is 9.10. The van der Waals surface area contributed by atoms with Gasteiger partial charge < -0.3 is 9.63 Å². The summed E-state index contributed by atoms with van der Waals surface area (Å²) in [6, 6.07) is 9.48. The monoisotopic (exact) mass is 304 g/mol. The SMILES string of the molecule is OCc1cc(-c2ccc(Br)c3cccnc23)no1. The molecular weight excluding hydrogens is 296 g/mol. The third kappa shape index (κ3) is 1.81. The van der Waals surface area contributed by atoms with Gasteiger partial charge in [0.25, 0.3) is 0 Å². The quantitative estimate of drug-likeness (QED) is 0.790. The molecule has 1 aromatic carbocycles. The Hall–Kier alpha value is -1.72. The molecule has 5 heteroatoms. The van der Waals surface area contributed by atoms with Crippen LogP contribution in [0.4, 0.5) is 0 Å². The molecule has 0 saturated carbocycles.